The molecular weight excluding hydrogens is 620 g/mol. The number of likely N-dealkylation sites (N-methyl/N-ethyl adjacent to an activating group) is 1. The summed E-state index contributed by atoms with van der Waals surface area (Å²) in [6, 6.07) is 21.1. The van der Waals surface area contributed by atoms with E-state index in [2.05, 4.69) is 103 Å². The number of hydrogen-bond donors (Lipinski definition) is 4. The van der Waals surface area contributed by atoms with Crippen molar-refractivity contribution < 1.29 is 19.1 Å². The molecule has 0 unspecified atom stereocenters. The van der Waals surface area contributed by atoms with E-state index in [9.17, 15) is 14.4 Å². The molecule has 4 N–H and O–H groups in total. The van der Waals surface area contributed by atoms with Crippen LogP contribution in [0.1, 0.15) is 38.3 Å². The maximum atomic E-state index is 12.7. The highest BCUT2D eigenvalue weighted by atomic mass is 16.5. The molecule has 0 saturated carbocycles. The number of aromatic amines is 2. The maximum Gasteiger partial charge on any atom is 0.407 e. The van der Waals surface area contributed by atoms with Gasteiger partial charge >= 0.3 is 6.09 Å². The Balaban J connectivity index is 1.25. The lowest BCUT2D eigenvalue weighted by molar-refractivity contribution is -0.131. The fourth-order valence-electron chi connectivity index (χ4n) is 5.69. The van der Waals surface area contributed by atoms with Crippen LogP contribution in [0.3, 0.4) is 0 Å². The van der Waals surface area contributed by atoms with Gasteiger partial charge in [-0.15, -0.1) is 0 Å². The van der Waals surface area contributed by atoms with Crippen molar-refractivity contribution in [3.05, 3.63) is 84.7 Å². The zero-order valence-corrected chi connectivity index (χ0v) is 28.5. The van der Waals surface area contributed by atoms with Crippen molar-refractivity contribution in [1.29, 1.82) is 0 Å². The summed E-state index contributed by atoms with van der Waals surface area (Å²) >= 11 is 0. The number of benzene rings is 3. The van der Waals surface area contributed by atoms with Gasteiger partial charge in [-0.1, -0.05) is 62.4 Å². The standard InChI is InChI=1S/C37H44N8O4/c1-5-15-44(35(46)21-38-3)23-33-39-19-31(42-33)26-9-7-25(8-10-26)27-11-12-29-18-30(14-13-28(29)17-27)32-20-40-34(43-32)24-45(16-6-2)36(47)22-41-37(48)49-4/h7-14,17-20,38H,5-6,15-16,21-24H2,1-4H3,(H,39,42)(H,40,43)(H,41,48). The van der Waals surface area contributed by atoms with Crippen LogP contribution in [-0.4, -0.2) is 88.0 Å². The molecular formula is C37H44N8O4. The summed E-state index contributed by atoms with van der Waals surface area (Å²) < 4.78 is 4.56. The average molecular weight is 665 g/mol. The van der Waals surface area contributed by atoms with Crippen molar-refractivity contribution in [2.75, 3.05) is 40.3 Å². The Morgan fingerprint density at radius 1 is 0.694 bits per heavy atom. The molecule has 0 saturated heterocycles. The molecule has 0 radical (unpaired) electrons. The van der Waals surface area contributed by atoms with Crippen molar-refractivity contribution in [3.63, 3.8) is 0 Å². The summed E-state index contributed by atoms with van der Waals surface area (Å²) in [5, 5.41) is 7.59. The third kappa shape index (κ3) is 8.90. The van der Waals surface area contributed by atoms with Gasteiger partial charge in [0, 0.05) is 18.7 Å². The number of nitrogens with one attached hydrogen (secondary N) is 4. The van der Waals surface area contributed by atoms with Crippen LogP contribution in [0.25, 0.3) is 44.4 Å². The third-order valence-corrected chi connectivity index (χ3v) is 8.21. The molecule has 5 rings (SSSR count). The Labute approximate surface area is 286 Å². The van der Waals surface area contributed by atoms with Gasteiger partial charge in [0.15, 0.2) is 0 Å². The van der Waals surface area contributed by atoms with E-state index in [4.69, 9.17) is 0 Å². The van der Waals surface area contributed by atoms with Crippen LogP contribution in [0.5, 0.6) is 0 Å². The van der Waals surface area contributed by atoms with E-state index in [1.54, 1.807) is 18.1 Å². The Morgan fingerprint density at radius 2 is 1.18 bits per heavy atom. The number of amides is 3. The highest BCUT2D eigenvalue weighted by Gasteiger charge is 2.17. The third-order valence-electron chi connectivity index (χ3n) is 8.21. The molecule has 49 heavy (non-hydrogen) atoms. The molecule has 0 fully saturated rings. The van der Waals surface area contributed by atoms with Crippen molar-refractivity contribution in [2.45, 2.75) is 39.8 Å². The van der Waals surface area contributed by atoms with Crippen molar-refractivity contribution >= 4 is 28.7 Å². The van der Waals surface area contributed by atoms with E-state index in [1.807, 2.05) is 18.0 Å². The molecule has 3 amide bonds. The number of fused-ring (bicyclic) bond motifs is 1. The molecule has 2 aromatic heterocycles. The second kappa shape index (κ2) is 16.6. The number of hydrogen-bond acceptors (Lipinski definition) is 7. The molecule has 0 aliphatic rings. The van der Waals surface area contributed by atoms with E-state index >= 15 is 0 Å². The molecule has 0 aliphatic heterocycles. The predicted octanol–water partition coefficient (Wildman–Crippen LogP) is 5.34. The quantitative estimate of drug-likeness (QED) is 0.118. The molecule has 2 heterocycles. The van der Waals surface area contributed by atoms with Crippen LogP contribution < -0.4 is 10.6 Å². The van der Waals surface area contributed by atoms with Crippen molar-refractivity contribution in [2.24, 2.45) is 0 Å². The van der Waals surface area contributed by atoms with Gasteiger partial charge in [0.1, 0.15) is 18.2 Å². The molecule has 12 nitrogen and oxygen atoms in total. The number of rotatable bonds is 15. The number of H-pyrrole nitrogens is 2. The minimum absolute atomic E-state index is 0.0567. The number of carbonyl (C=O) groups is 3. The number of imidazole rings is 2. The second-order valence-corrected chi connectivity index (χ2v) is 11.8. The fourth-order valence-corrected chi connectivity index (χ4v) is 5.69. The van der Waals surface area contributed by atoms with E-state index in [-0.39, 0.29) is 18.4 Å². The molecule has 0 bridgehead atoms. The first kappa shape index (κ1) is 34.8. The first-order valence-electron chi connectivity index (χ1n) is 16.6. The first-order valence-corrected chi connectivity index (χ1v) is 16.6. The number of aromatic nitrogens is 4. The van der Waals surface area contributed by atoms with Gasteiger partial charge in [-0.05, 0) is 59.5 Å². The van der Waals surface area contributed by atoms with Crippen molar-refractivity contribution in [3.8, 4) is 33.6 Å². The number of nitrogens with zero attached hydrogens (tertiary/aromatic N) is 4. The van der Waals surface area contributed by atoms with Crippen LogP contribution in [0.4, 0.5) is 4.79 Å². The van der Waals surface area contributed by atoms with Gasteiger partial charge < -0.3 is 35.1 Å². The van der Waals surface area contributed by atoms with Gasteiger partial charge in [-0.2, -0.15) is 0 Å². The molecule has 0 aliphatic carbocycles. The molecule has 256 valence electrons. The van der Waals surface area contributed by atoms with Crippen LogP contribution in [0.2, 0.25) is 0 Å². The lowest BCUT2D eigenvalue weighted by Crippen LogP contribution is -2.40. The highest BCUT2D eigenvalue weighted by molar-refractivity contribution is 5.90. The zero-order valence-electron chi connectivity index (χ0n) is 28.5. The van der Waals surface area contributed by atoms with Gasteiger partial charge in [0.05, 0.1) is 50.5 Å². The smallest absolute Gasteiger partial charge is 0.407 e. The van der Waals surface area contributed by atoms with Crippen molar-refractivity contribution in [1.82, 2.24) is 40.4 Å². The molecule has 0 atom stereocenters. The van der Waals surface area contributed by atoms with E-state index in [0.717, 1.165) is 63.1 Å². The number of ether oxygens (including phenoxy) is 1. The normalized spacial score (nSPS) is 11.0. The Morgan fingerprint density at radius 3 is 1.73 bits per heavy atom. The first-order chi connectivity index (χ1) is 23.8. The fraction of sp³-hybridized carbons (Fsp3) is 0.324. The molecule has 5 aromatic rings. The van der Waals surface area contributed by atoms with Gasteiger partial charge in [0.2, 0.25) is 11.8 Å². The monoisotopic (exact) mass is 664 g/mol. The Kier molecular flexibility index (Phi) is 11.8. The van der Waals surface area contributed by atoms with Crippen LogP contribution in [0, 0.1) is 0 Å². The Hall–Kier alpha value is -5.49. The summed E-state index contributed by atoms with van der Waals surface area (Å²) in [5.41, 5.74) is 6.00. The summed E-state index contributed by atoms with van der Waals surface area (Å²) in [5.74, 6) is 1.27. The number of carbonyl (C=O) groups excluding carboxylic acids is 3. The van der Waals surface area contributed by atoms with E-state index < -0.39 is 6.09 Å². The summed E-state index contributed by atoms with van der Waals surface area (Å²) in [6.45, 7) is 6.21. The highest BCUT2D eigenvalue weighted by Crippen LogP contribution is 2.29. The molecule has 0 spiro atoms. The second-order valence-electron chi connectivity index (χ2n) is 11.8. The van der Waals surface area contributed by atoms with Crippen LogP contribution in [-0.2, 0) is 27.4 Å². The zero-order chi connectivity index (χ0) is 34.8. The topological polar surface area (TPSA) is 148 Å². The van der Waals surface area contributed by atoms with Crippen LogP contribution in [0.15, 0.2) is 73.1 Å². The van der Waals surface area contributed by atoms with Crippen LogP contribution >= 0.6 is 0 Å². The maximum absolute atomic E-state index is 12.7. The van der Waals surface area contributed by atoms with E-state index in [1.165, 1.54) is 7.11 Å². The van der Waals surface area contributed by atoms with Gasteiger partial charge in [0.25, 0.3) is 0 Å². The minimum Gasteiger partial charge on any atom is -0.453 e. The minimum atomic E-state index is -0.641. The molecule has 12 heteroatoms. The van der Waals surface area contributed by atoms with E-state index in [0.29, 0.717) is 38.5 Å². The lowest BCUT2D eigenvalue weighted by Gasteiger charge is -2.21. The average Bonchev–Trinajstić information content (AvgIpc) is 3.80. The Bertz CT molecular complexity index is 1880. The SMILES string of the molecule is CCCN(Cc1ncc(-c2ccc(-c3ccc4cc(-c5cnc(CN(CCC)C(=O)CNC(=O)OC)[nH]5)ccc4c3)cc2)[nH]1)C(=O)CNC. The van der Waals surface area contributed by atoms with Gasteiger partial charge in [-0.25, -0.2) is 14.8 Å². The molecule has 3 aromatic carbocycles. The largest absolute Gasteiger partial charge is 0.453 e. The summed E-state index contributed by atoms with van der Waals surface area (Å²) in [6.07, 6.45) is 4.62. The predicted molar refractivity (Wildman–Crippen MR) is 190 cm³/mol. The number of methoxy groups -OCH3 is 1. The summed E-state index contributed by atoms with van der Waals surface area (Å²) in [7, 11) is 3.04. The van der Waals surface area contributed by atoms with Gasteiger partial charge in [-0.3, -0.25) is 9.59 Å². The summed E-state index contributed by atoms with van der Waals surface area (Å²) in [4.78, 5) is 55.8. The number of alkyl carbamates (subject to hydrolysis) is 1. The lowest BCUT2D eigenvalue weighted by atomic mass is 9.98.